The molecule has 4 rings (SSSR count). The van der Waals surface area contributed by atoms with Gasteiger partial charge in [-0.25, -0.2) is 9.97 Å². The van der Waals surface area contributed by atoms with Gasteiger partial charge in [-0.15, -0.1) is 0 Å². The molecule has 0 bridgehead atoms. The molecule has 1 fully saturated rings. The molecule has 1 aliphatic heterocycles. The zero-order valence-electron chi connectivity index (χ0n) is 15.2. The van der Waals surface area contributed by atoms with Gasteiger partial charge in [-0.05, 0) is 29.0 Å². The number of anilines is 1. The molecule has 1 saturated heterocycles. The summed E-state index contributed by atoms with van der Waals surface area (Å²) in [6.45, 7) is 4.39. The molecule has 1 N–H and O–H groups in total. The number of aliphatic hydroxyl groups excluding tert-OH is 1. The summed E-state index contributed by atoms with van der Waals surface area (Å²) in [5.41, 5.74) is 0. The van der Waals surface area contributed by atoms with E-state index in [4.69, 9.17) is 4.74 Å². The Balaban J connectivity index is 1.24. The summed E-state index contributed by atoms with van der Waals surface area (Å²) in [4.78, 5) is 13.0. The molecule has 140 valence electrons. The summed E-state index contributed by atoms with van der Waals surface area (Å²) < 4.78 is 5.80. The van der Waals surface area contributed by atoms with Crippen molar-refractivity contribution in [3.63, 3.8) is 0 Å². The average Bonchev–Trinajstić information content (AvgIpc) is 2.73. The standard InChI is InChI=1S/C21H24N4O2/c26-19(16-27-20-7-6-17-4-1-2-5-18(17)14-20)15-24-10-12-25(13-11-24)21-22-8-3-9-23-21/h1-9,14,19,26H,10-13,15-16H2. The van der Waals surface area contributed by atoms with Gasteiger partial charge in [0.2, 0.25) is 5.95 Å². The van der Waals surface area contributed by atoms with Gasteiger partial charge in [0.15, 0.2) is 0 Å². The van der Waals surface area contributed by atoms with Crippen molar-refractivity contribution in [2.24, 2.45) is 0 Å². The Morgan fingerprint density at radius 3 is 2.44 bits per heavy atom. The van der Waals surface area contributed by atoms with Gasteiger partial charge < -0.3 is 14.7 Å². The zero-order valence-corrected chi connectivity index (χ0v) is 15.2. The highest BCUT2D eigenvalue weighted by Gasteiger charge is 2.20. The van der Waals surface area contributed by atoms with Crippen LogP contribution in [0.3, 0.4) is 0 Å². The van der Waals surface area contributed by atoms with E-state index in [9.17, 15) is 5.11 Å². The molecule has 2 aromatic carbocycles. The fourth-order valence-corrected chi connectivity index (χ4v) is 3.39. The average molecular weight is 364 g/mol. The molecule has 0 aliphatic carbocycles. The zero-order chi connectivity index (χ0) is 18.5. The minimum absolute atomic E-state index is 0.292. The van der Waals surface area contributed by atoms with Crippen LogP contribution in [0.25, 0.3) is 10.8 Å². The van der Waals surface area contributed by atoms with Crippen molar-refractivity contribution in [2.45, 2.75) is 6.10 Å². The van der Waals surface area contributed by atoms with Gasteiger partial charge in [0, 0.05) is 45.1 Å². The number of rotatable bonds is 6. The highest BCUT2D eigenvalue weighted by Crippen LogP contribution is 2.20. The van der Waals surface area contributed by atoms with Crippen molar-refractivity contribution >= 4 is 16.7 Å². The number of fused-ring (bicyclic) bond motifs is 1. The number of ether oxygens (including phenoxy) is 1. The van der Waals surface area contributed by atoms with Crippen LogP contribution in [0.5, 0.6) is 5.75 Å². The van der Waals surface area contributed by atoms with Gasteiger partial charge in [0.05, 0.1) is 0 Å². The fraction of sp³-hybridized carbons (Fsp3) is 0.333. The van der Waals surface area contributed by atoms with Crippen LogP contribution in [-0.2, 0) is 0 Å². The molecule has 1 atom stereocenters. The number of aliphatic hydroxyl groups is 1. The second kappa shape index (κ2) is 8.33. The smallest absolute Gasteiger partial charge is 0.225 e. The molecule has 0 saturated carbocycles. The van der Waals surface area contributed by atoms with E-state index in [-0.39, 0.29) is 0 Å². The first-order valence-electron chi connectivity index (χ1n) is 9.32. The second-order valence-electron chi connectivity index (χ2n) is 6.81. The van der Waals surface area contributed by atoms with Crippen LogP contribution in [0.2, 0.25) is 0 Å². The first-order chi connectivity index (χ1) is 13.3. The van der Waals surface area contributed by atoms with Crippen LogP contribution in [0.4, 0.5) is 5.95 Å². The highest BCUT2D eigenvalue weighted by molar-refractivity contribution is 5.83. The molecule has 1 unspecified atom stereocenters. The Hall–Kier alpha value is -2.70. The van der Waals surface area contributed by atoms with Crippen molar-refractivity contribution in [2.75, 3.05) is 44.2 Å². The van der Waals surface area contributed by atoms with E-state index >= 15 is 0 Å². The lowest BCUT2D eigenvalue weighted by atomic mass is 10.1. The van der Waals surface area contributed by atoms with E-state index < -0.39 is 6.10 Å². The van der Waals surface area contributed by atoms with E-state index in [1.54, 1.807) is 12.4 Å². The molecule has 0 spiro atoms. The molecule has 6 nitrogen and oxygen atoms in total. The van der Waals surface area contributed by atoms with Gasteiger partial charge in [-0.1, -0.05) is 30.3 Å². The number of aromatic nitrogens is 2. The topological polar surface area (TPSA) is 61.7 Å². The monoisotopic (exact) mass is 364 g/mol. The van der Waals surface area contributed by atoms with Crippen molar-refractivity contribution in [3.05, 3.63) is 60.9 Å². The first kappa shape index (κ1) is 17.7. The number of hydrogen-bond acceptors (Lipinski definition) is 6. The Kier molecular flexibility index (Phi) is 5.46. The summed E-state index contributed by atoms with van der Waals surface area (Å²) in [6, 6.07) is 16.0. The Bertz CT molecular complexity index is 866. The predicted octanol–water partition coefficient (Wildman–Crippen LogP) is 2.19. The van der Waals surface area contributed by atoms with Crippen molar-refractivity contribution in [1.29, 1.82) is 0 Å². The molecule has 3 aromatic rings. The van der Waals surface area contributed by atoms with Crippen LogP contribution in [0.1, 0.15) is 0 Å². The summed E-state index contributed by atoms with van der Waals surface area (Å²) in [7, 11) is 0. The molecule has 1 aromatic heterocycles. The van der Waals surface area contributed by atoms with Crippen molar-refractivity contribution in [1.82, 2.24) is 14.9 Å². The third kappa shape index (κ3) is 4.53. The Morgan fingerprint density at radius 2 is 1.67 bits per heavy atom. The Morgan fingerprint density at radius 1 is 0.926 bits per heavy atom. The number of nitrogens with zero attached hydrogens (tertiary/aromatic N) is 4. The predicted molar refractivity (Wildman–Crippen MR) is 106 cm³/mol. The third-order valence-corrected chi connectivity index (χ3v) is 4.84. The highest BCUT2D eigenvalue weighted by atomic mass is 16.5. The number of benzene rings is 2. The molecule has 6 heteroatoms. The van der Waals surface area contributed by atoms with E-state index in [1.165, 1.54) is 5.39 Å². The fourth-order valence-electron chi connectivity index (χ4n) is 3.39. The van der Waals surface area contributed by atoms with Crippen LogP contribution in [0.15, 0.2) is 60.9 Å². The van der Waals surface area contributed by atoms with Gasteiger partial charge in [-0.2, -0.15) is 0 Å². The van der Waals surface area contributed by atoms with Crippen LogP contribution >= 0.6 is 0 Å². The maximum atomic E-state index is 10.4. The maximum absolute atomic E-state index is 10.4. The van der Waals surface area contributed by atoms with Crippen molar-refractivity contribution in [3.8, 4) is 5.75 Å². The maximum Gasteiger partial charge on any atom is 0.225 e. The van der Waals surface area contributed by atoms with E-state index in [0.717, 1.165) is 43.3 Å². The Labute approximate surface area is 159 Å². The first-order valence-corrected chi connectivity index (χ1v) is 9.32. The van der Waals surface area contributed by atoms with Gasteiger partial charge >= 0.3 is 0 Å². The lowest BCUT2D eigenvalue weighted by Gasteiger charge is -2.35. The van der Waals surface area contributed by atoms with E-state index in [1.807, 2.05) is 36.4 Å². The number of hydrogen-bond donors (Lipinski definition) is 1. The molecule has 1 aliphatic rings. The van der Waals surface area contributed by atoms with Crippen LogP contribution < -0.4 is 9.64 Å². The number of β-amino-alcohol motifs (C(OH)–C–C–N with tert-alkyl or cyclic N) is 1. The largest absolute Gasteiger partial charge is 0.491 e. The van der Waals surface area contributed by atoms with Crippen LogP contribution in [0, 0.1) is 0 Å². The lowest BCUT2D eigenvalue weighted by Crippen LogP contribution is -2.49. The minimum atomic E-state index is -0.518. The van der Waals surface area contributed by atoms with Crippen LogP contribution in [-0.4, -0.2) is 65.4 Å². The summed E-state index contributed by atoms with van der Waals surface area (Å²) >= 11 is 0. The molecule has 2 heterocycles. The number of piperazine rings is 1. The molecule has 27 heavy (non-hydrogen) atoms. The summed E-state index contributed by atoms with van der Waals surface area (Å²) in [5.74, 6) is 1.57. The molecule has 0 amide bonds. The van der Waals surface area contributed by atoms with Gasteiger partial charge in [0.1, 0.15) is 18.5 Å². The van der Waals surface area contributed by atoms with Gasteiger partial charge in [-0.3, -0.25) is 4.90 Å². The minimum Gasteiger partial charge on any atom is -0.491 e. The SMILES string of the molecule is OC(COc1ccc2ccccc2c1)CN1CCN(c2ncccn2)CC1. The summed E-state index contributed by atoms with van der Waals surface area (Å²) in [5, 5.41) is 12.7. The lowest BCUT2D eigenvalue weighted by molar-refractivity contribution is 0.0662. The second-order valence-corrected chi connectivity index (χ2v) is 6.81. The van der Waals surface area contributed by atoms with Gasteiger partial charge in [0.25, 0.3) is 0 Å². The molecule has 0 radical (unpaired) electrons. The third-order valence-electron chi connectivity index (χ3n) is 4.84. The summed E-state index contributed by atoms with van der Waals surface area (Å²) in [6.07, 6.45) is 3.02. The molecular weight excluding hydrogens is 340 g/mol. The van der Waals surface area contributed by atoms with E-state index in [2.05, 4.69) is 31.9 Å². The van der Waals surface area contributed by atoms with Crippen molar-refractivity contribution < 1.29 is 9.84 Å². The van der Waals surface area contributed by atoms with E-state index in [0.29, 0.717) is 13.2 Å². The molecular formula is C21H24N4O2. The normalized spacial score (nSPS) is 16.4. The quantitative estimate of drug-likeness (QED) is 0.724.